The minimum atomic E-state index is -0.534. The first kappa shape index (κ1) is 11.3. The van der Waals surface area contributed by atoms with Crippen molar-refractivity contribution in [3.05, 3.63) is 27.8 Å². The first-order valence-corrected chi connectivity index (χ1v) is 4.53. The SMILES string of the molecule is COc1c(O)ccc(C(C)C)c1[N+](=O)[O-]. The first-order chi connectivity index (χ1) is 6.99. The van der Waals surface area contributed by atoms with Crippen molar-refractivity contribution >= 4 is 5.69 Å². The van der Waals surface area contributed by atoms with Gasteiger partial charge in [-0.05, 0) is 18.1 Å². The fourth-order valence-corrected chi connectivity index (χ4v) is 1.43. The van der Waals surface area contributed by atoms with E-state index < -0.39 is 4.92 Å². The van der Waals surface area contributed by atoms with Crippen LogP contribution in [0.25, 0.3) is 0 Å². The molecule has 0 heterocycles. The maximum absolute atomic E-state index is 10.9. The summed E-state index contributed by atoms with van der Waals surface area (Å²) in [4.78, 5) is 10.3. The Morgan fingerprint density at radius 2 is 2.07 bits per heavy atom. The standard InChI is InChI=1S/C10H13NO4/c1-6(2)7-4-5-8(12)10(15-3)9(7)11(13)14/h4-6,12H,1-3H3. The minimum Gasteiger partial charge on any atom is -0.504 e. The number of methoxy groups -OCH3 is 1. The molecule has 1 aromatic carbocycles. The van der Waals surface area contributed by atoms with E-state index in [9.17, 15) is 15.2 Å². The zero-order valence-electron chi connectivity index (χ0n) is 8.85. The molecule has 0 aliphatic carbocycles. The zero-order chi connectivity index (χ0) is 11.6. The predicted molar refractivity (Wildman–Crippen MR) is 55.4 cm³/mol. The summed E-state index contributed by atoms with van der Waals surface area (Å²) in [6.07, 6.45) is 0. The maximum Gasteiger partial charge on any atom is 0.318 e. The topological polar surface area (TPSA) is 72.6 Å². The number of nitro groups is 1. The smallest absolute Gasteiger partial charge is 0.318 e. The van der Waals surface area contributed by atoms with Gasteiger partial charge in [-0.15, -0.1) is 0 Å². The lowest BCUT2D eigenvalue weighted by Gasteiger charge is -2.10. The molecule has 0 amide bonds. The Kier molecular flexibility index (Phi) is 3.14. The summed E-state index contributed by atoms with van der Waals surface area (Å²) >= 11 is 0. The first-order valence-electron chi connectivity index (χ1n) is 4.53. The largest absolute Gasteiger partial charge is 0.504 e. The fraction of sp³-hybridized carbons (Fsp3) is 0.400. The molecule has 5 heteroatoms. The molecule has 0 unspecified atom stereocenters. The Morgan fingerprint density at radius 1 is 1.47 bits per heavy atom. The van der Waals surface area contributed by atoms with E-state index in [1.165, 1.54) is 13.2 Å². The molecule has 1 N–H and O–H groups in total. The molecule has 5 nitrogen and oxygen atoms in total. The van der Waals surface area contributed by atoms with Crippen molar-refractivity contribution in [3.8, 4) is 11.5 Å². The van der Waals surface area contributed by atoms with Gasteiger partial charge < -0.3 is 9.84 Å². The number of nitrogens with zero attached hydrogens (tertiary/aromatic N) is 1. The molecule has 1 aromatic rings. The summed E-state index contributed by atoms with van der Waals surface area (Å²) in [7, 11) is 1.30. The highest BCUT2D eigenvalue weighted by atomic mass is 16.6. The second-order valence-electron chi connectivity index (χ2n) is 3.47. The van der Waals surface area contributed by atoms with Crippen LogP contribution in [0.4, 0.5) is 5.69 Å². The average Bonchev–Trinajstić information content (AvgIpc) is 2.16. The molecule has 0 radical (unpaired) electrons. The highest BCUT2D eigenvalue weighted by Crippen LogP contribution is 2.41. The van der Waals surface area contributed by atoms with Crippen molar-refractivity contribution in [1.29, 1.82) is 0 Å². The molecule has 1 rings (SSSR count). The van der Waals surface area contributed by atoms with Crippen molar-refractivity contribution in [1.82, 2.24) is 0 Å². The van der Waals surface area contributed by atoms with Crippen molar-refractivity contribution in [2.24, 2.45) is 0 Å². The van der Waals surface area contributed by atoms with E-state index in [2.05, 4.69) is 0 Å². The van der Waals surface area contributed by atoms with E-state index in [4.69, 9.17) is 4.74 Å². The van der Waals surface area contributed by atoms with Gasteiger partial charge in [0.15, 0.2) is 5.75 Å². The van der Waals surface area contributed by atoms with E-state index in [0.29, 0.717) is 5.56 Å². The van der Waals surface area contributed by atoms with Crippen LogP contribution in [0.5, 0.6) is 11.5 Å². The van der Waals surface area contributed by atoms with Crippen LogP contribution in [0.2, 0.25) is 0 Å². The summed E-state index contributed by atoms with van der Waals surface area (Å²) in [5, 5.41) is 20.3. The lowest BCUT2D eigenvalue weighted by atomic mass is 10.0. The van der Waals surface area contributed by atoms with Gasteiger partial charge in [-0.2, -0.15) is 0 Å². The van der Waals surface area contributed by atoms with Gasteiger partial charge in [0.1, 0.15) is 0 Å². The van der Waals surface area contributed by atoms with Crippen LogP contribution in [0.1, 0.15) is 25.3 Å². The maximum atomic E-state index is 10.9. The third kappa shape index (κ3) is 2.01. The quantitative estimate of drug-likeness (QED) is 0.615. The lowest BCUT2D eigenvalue weighted by Crippen LogP contribution is -2.00. The van der Waals surface area contributed by atoms with E-state index in [0.717, 1.165) is 0 Å². The van der Waals surface area contributed by atoms with Crippen LogP contribution in [-0.2, 0) is 0 Å². The molecule has 0 spiro atoms. The molecular weight excluding hydrogens is 198 g/mol. The number of phenolic OH excluding ortho intramolecular Hbond substituents is 1. The second kappa shape index (κ2) is 4.16. The number of hydrogen-bond donors (Lipinski definition) is 1. The lowest BCUT2D eigenvalue weighted by molar-refractivity contribution is -0.386. The molecule has 0 saturated heterocycles. The Balaban J connectivity index is 3.49. The van der Waals surface area contributed by atoms with Gasteiger partial charge in [0.2, 0.25) is 5.75 Å². The number of rotatable bonds is 3. The Bertz CT molecular complexity index is 387. The molecule has 0 saturated carbocycles. The monoisotopic (exact) mass is 211 g/mol. The summed E-state index contributed by atoms with van der Waals surface area (Å²) < 4.78 is 4.84. The van der Waals surface area contributed by atoms with Gasteiger partial charge >= 0.3 is 5.69 Å². The summed E-state index contributed by atoms with van der Waals surface area (Å²) in [6, 6.07) is 2.95. The van der Waals surface area contributed by atoms with Gasteiger partial charge in [-0.1, -0.05) is 13.8 Å². The van der Waals surface area contributed by atoms with Crippen molar-refractivity contribution in [3.63, 3.8) is 0 Å². The zero-order valence-corrected chi connectivity index (χ0v) is 8.85. The van der Waals surface area contributed by atoms with Crippen LogP contribution < -0.4 is 4.74 Å². The molecule has 0 fully saturated rings. The highest BCUT2D eigenvalue weighted by Gasteiger charge is 2.25. The summed E-state index contributed by atoms with van der Waals surface area (Å²) in [6.45, 7) is 3.69. The van der Waals surface area contributed by atoms with Crippen LogP contribution in [0.15, 0.2) is 12.1 Å². The van der Waals surface area contributed by atoms with Crippen LogP contribution in [0.3, 0.4) is 0 Å². The fourth-order valence-electron chi connectivity index (χ4n) is 1.43. The van der Waals surface area contributed by atoms with Crippen molar-refractivity contribution < 1.29 is 14.8 Å². The van der Waals surface area contributed by atoms with Gasteiger partial charge in [0.25, 0.3) is 0 Å². The molecule has 0 aromatic heterocycles. The van der Waals surface area contributed by atoms with Crippen molar-refractivity contribution in [2.75, 3.05) is 7.11 Å². The van der Waals surface area contributed by atoms with Crippen LogP contribution >= 0.6 is 0 Å². The number of phenols is 1. The van der Waals surface area contributed by atoms with E-state index >= 15 is 0 Å². The average molecular weight is 211 g/mol. The molecule has 15 heavy (non-hydrogen) atoms. The molecule has 0 bridgehead atoms. The number of ether oxygens (including phenoxy) is 1. The van der Waals surface area contributed by atoms with Gasteiger partial charge in [0.05, 0.1) is 12.0 Å². The van der Waals surface area contributed by atoms with Crippen molar-refractivity contribution in [2.45, 2.75) is 19.8 Å². The van der Waals surface area contributed by atoms with E-state index in [-0.39, 0.29) is 23.1 Å². The third-order valence-corrected chi connectivity index (χ3v) is 2.15. The Morgan fingerprint density at radius 3 is 2.47 bits per heavy atom. The second-order valence-corrected chi connectivity index (χ2v) is 3.47. The number of nitro benzene ring substituents is 1. The Labute approximate surface area is 87.5 Å². The third-order valence-electron chi connectivity index (χ3n) is 2.15. The molecular formula is C10H13NO4. The molecule has 82 valence electrons. The van der Waals surface area contributed by atoms with Crippen LogP contribution in [0, 0.1) is 10.1 Å². The van der Waals surface area contributed by atoms with E-state index in [1.807, 2.05) is 13.8 Å². The molecule has 0 atom stereocenters. The van der Waals surface area contributed by atoms with E-state index in [1.54, 1.807) is 6.07 Å². The van der Waals surface area contributed by atoms with Gasteiger partial charge in [-0.3, -0.25) is 10.1 Å². The highest BCUT2D eigenvalue weighted by molar-refractivity contribution is 5.60. The minimum absolute atomic E-state index is 0.0000926. The normalized spacial score (nSPS) is 10.4. The number of hydrogen-bond acceptors (Lipinski definition) is 4. The predicted octanol–water partition coefficient (Wildman–Crippen LogP) is 2.43. The van der Waals surface area contributed by atoms with Gasteiger partial charge in [-0.25, -0.2) is 0 Å². The summed E-state index contributed by atoms with van der Waals surface area (Å²) in [5.41, 5.74) is 0.391. The molecule has 0 aliphatic rings. The van der Waals surface area contributed by atoms with Gasteiger partial charge in [0, 0.05) is 5.56 Å². The molecule has 0 aliphatic heterocycles. The number of aromatic hydroxyl groups is 1. The van der Waals surface area contributed by atoms with Crippen LogP contribution in [-0.4, -0.2) is 17.1 Å². The number of benzene rings is 1. The Hall–Kier alpha value is -1.78. The summed E-state index contributed by atoms with van der Waals surface area (Å²) in [5.74, 6) is -0.292.